The number of hydrogen-bond acceptors (Lipinski definition) is 8. The van der Waals surface area contributed by atoms with E-state index in [0.29, 0.717) is 0 Å². The summed E-state index contributed by atoms with van der Waals surface area (Å²) in [5, 5.41) is 18.0. The van der Waals surface area contributed by atoms with Gasteiger partial charge in [0.05, 0.1) is 0 Å². The minimum absolute atomic E-state index is 0.0517. The van der Waals surface area contributed by atoms with Gasteiger partial charge in [-0.2, -0.15) is 9.97 Å². The molecular weight excluding hydrogens is 234 g/mol. The van der Waals surface area contributed by atoms with Crippen LogP contribution in [0.5, 0.6) is 5.88 Å². The number of rotatable bonds is 1. The molecule has 0 aliphatic rings. The van der Waals surface area contributed by atoms with E-state index in [9.17, 15) is 9.90 Å². The van der Waals surface area contributed by atoms with Crippen LogP contribution in [0.25, 0.3) is 11.2 Å². The fraction of sp³-hybridized carbons (Fsp3) is 0. The summed E-state index contributed by atoms with van der Waals surface area (Å²) in [4.78, 5) is 25.3. The second kappa shape index (κ2) is 3.45. The molecule has 0 aromatic carbocycles. The Morgan fingerprint density at radius 3 is 2.56 bits per heavy atom. The van der Waals surface area contributed by atoms with E-state index in [1.165, 1.54) is 0 Å². The summed E-state index contributed by atoms with van der Waals surface area (Å²) < 4.78 is 0. The van der Waals surface area contributed by atoms with Gasteiger partial charge in [-0.05, 0) is 0 Å². The van der Waals surface area contributed by atoms with Crippen LogP contribution in [0.4, 0.5) is 5.95 Å². The van der Waals surface area contributed by atoms with Crippen molar-refractivity contribution in [2.75, 3.05) is 5.73 Å². The first kappa shape index (κ1) is 10.4. The van der Waals surface area contributed by atoms with Gasteiger partial charge >= 0.3 is 5.97 Å². The number of nitrogens with zero attached hydrogens (tertiary/aromatic N) is 4. The first-order valence-corrected chi connectivity index (χ1v) is 4.40. The van der Waals surface area contributed by atoms with Crippen molar-refractivity contribution in [3.05, 3.63) is 5.69 Å². The fourth-order valence-corrected chi connectivity index (χ4v) is 1.33. The number of aromatic hydroxyl groups is 1. The summed E-state index contributed by atoms with van der Waals surface area (Å²) in [6.07, 6.45) is 0. The van der Waals surface area contributed by atoms with E-state index in [-0.39, 0.29) is 27.8 Å². The Bertz CT molecular complexity index is 602. The molecule has 9 heteroatoms. The van der Waals surface area contributed by atoms with Crippen molar-refractivity contribution < 1.29 is 15.0 Å². The number of thiol groups is 1. The Balaban J connectivity index is 2.84. The fourth-order valence-electron chi connectivity index (χ4n) is 1.08. The van der Waals surface area contributed by atoms with E-state index in [2.05, 4.69) is 32.6 Å². The molecule has 2 aromatic heterocycles. The molecule has 0 saturated heterocycles. The molecular formula is C7H5N5O3S. The van der Waals surface area contributed by atoms with Gasteiger partial charge in [-0.1, -0.05) is 0 Å². The van der Waals surface area contributed by atoms with Crippen molar-refractivity contribution in [1.82, 2.24) is 19.9 Å². The summed E-state index contributed by atoms with van der Waals surface area (Å²) in [6.45, 7) is 0. The second-order valence-corrected chi connectivity index (χ2v) is 3.20. The normalized spacial score (nSPS) is 10.6. The Hall–Kier alpha value is -2.16. The standard InChI is InChI=1S/C7H5N5O3S/c8-7-11-3-1(4(13)12-7)10-5(16)2(9-3)6(14)15/h(H,10,16)(H,14,15)(H3,8,9,11,12,13). The van der Waals surface area contributed by atoms with Gasteiger partial charge in [-0.15, -0.1) is 12.6 Å². The highest BCUT2D eigenvalue weighted by Crippen LogP contribution is 2.21. The second-order valence-electron chi connectivity index (χ2n) is 2.78. The Morgan fingerprint density at radius 1 is 1.25 bits per heavy atom. The summed E-state index contributed by atoms with van der Waals surface area (Å²) in [6, 6.07) is 0. The molecule has 2 aromatic rings. The molecule has 16 heavy (non-hydrogen) atoms. The molecule has 0 amide bonds. The third-order valence-electron chi connectivity index (χ3n) is 1.71. The first-order chi connectivity index (χ1) is 7.49. The van der Waals surface area contributed by atoms with Crippen LogP contribution in [0.15, 0.2) is 5.03 Å². The van der Waals surface area contributed by atoms with Crippen molar-refractivity contribution in [2.45, 2.75) is 5.03 Å². The molecule has 0 saturated carbocycles. The van der Waals surface area contributed by atoms with Crippen molar-refractivity contribution in [3.8, 4) is 5.88 Å². The third kappa shape index (κ3) is 1.56. The van der Waals surface area contributed by atoms with Gasteiger partial charge in [0.25, 0.3) is 0 Å². The first-order valence-electron chi connectivity index (χ1n) is 3.95. The zero-order valence-electron chi connectivity index (χ0n) is 7.62. The number of nitrogens with two attached hydrogens (primary N) is 1. The predicted molar refractivity (Wildman–Crippen MR) is 55.4 cm³/mol. The molecule has 0 atom stereocenters. The number of carboxylic acid groups (broad SMARTS) is 1. The van der Waals surface area contributed by atoms with Crippen LogP contribution in [-0.2, 0) is 0 Å². The topological polar surface area (TPSA) is 135 Å². The maximum absolute atomic E-state index is 10.7. The quantitative estimate of drug-likeness (QED) is 0.498. The molecule has 0 aliphatic carbocycles. The van der Waals surface area contributed by atoms with Crippen molar-refractivity contribution >= 4 is 35.7 Å². The maximum atomic E-state index is 10.7. The van der Waals surface area contributed by atoms with E-state index in [1.54, 1.807) is 0 Å². The van der Waals surface area contributed by atoms with E-state index in [1.807, 2.05) is 0 Å². The van der Waals surface area contributed by atoms with Gasteiger partial charge in [0.2, 0.25) is 11.8 Å². The Morgan fingerprint density at radius 2 is 1.94 bits per heavy atom. The molecule has 0 fully saturated rings. The zero-order chi connectivity index (χ0) is 11.9. The van der Waals surface area contributed by atoms with Crippen LogP contribution in [0.2, 0.25) is 0 Å². The summed E-state index contributed by atoms with van der Waals surface area (Å²) >= 11 is 3.83. The van der Waals surface area contributed by atoms with Crippen molar-refractivity contribution in [2.24, 2.45) is 0 Å². The summed E-state index contributed by atoms with van der Waals surface area (Å²) in [7, 11) is 0. The van der Waals surface area contributed by atoms with Crippen LogP contribution in [0, 0.1) is 0 Å². The lowest BCUT2D eigenvalue weighted by molar-refractivity contribution is 0.0686. The van der Waals surface area contributed by atoms with Crippen molar-refractivity contribution in [1.29, 1.82) is 0 Å². The molecule has 2 heterocycles. The molecule has 0 aliphatic heterocycles. The SMILES string of the molecule is Nc1nc(O)c2nc(S)c(C(=O)O)nc2n1. The molecule has 2 rings (SSSR count). The summed E-state index contributed by atoms with van der Waals surface area (Å²) in [5.74, 6) is -1.99. The monoisotopic (exact) mass is 239 g/mol. The minimum Gasteiger partial charge on any atom is -0.492 e. The number of carbonyl (C=O) groups is 1. The molecule has 0 radical (unpaired) electrons. The highest BCUT2D eigenvalue weighted by Gasteiger charge is 2.16. The molecule has 0 bridgehead atoms. The number of hydrogen-bond donors (Lipinski definition) is 4. The van der Waals surface area contributed by atoms with E-state index >= 15 is 0 Å². The van der Waals surface area contributed by atoms with Gasteiger partial charge in [0.1, 0.15) is 5.03 Å². The van der Waals surface area contributed by atoms with E-state index in [0.717, 1.165) is 0 Å². The average Bonchev–Trinajstić information content (AvgIpc) is 2.18. The van der Waals surface area contributed by atoms with Crippen molar-refractivity contribution in [3.63, 3.8) is 0 Å². The molecule has 82 valence electrons. The zero-order valence-corrected chi connectivity index (χ0v) is 8.51. The van der Waals surface area contributed by atoms with Gasteiger partial charge in [0, 0.05) is 0 Å². The lowest BCUT2D eigenvalue weighted by Gasteiger charge is -2.02. The lowest BCUT2D eigenvalue weighted by Crippen LogP contribution is -2.06. The molecule has 0 spiro atoms. The highest BCUT2D eigenvalue weighted by atomic mass is 32.1. The third-order valence-corrected chi connectivity index (χ3v) is 2.03. The highest BCUT2D eigenvalue weighted by molar-refractivity contribution is 7.80. The van der Waals surface area contributed by atoms with Gasteiger partial charge < -0.3 is 15.9 Å². The van der Waals surface area contributed by atoms with Crippen LogP contribution < -0.4 is 5.73 Å². The van der Waals surface area contributed by atoms with Crippen LogP contribution in [-0.4, -0.2) is 36.1 Å². The van der Waals surface area contributed by atoms with Gasteiger partial charge in [0.15, 0.2) is 16.9 Å². The maximum Gasteiger partial charge on any atom is 0.357 e. The van der Waals surface area contributed by atoms with Crippen LogP contribution in [0.3, 0.4) is 0 Å². The van der Waals surface area contributed by atoms with Gasteiger partial charge in [-0.3, -0.25) is 0 Å². The predicted octanol–water partition coefficient (Wildman–Crippen LogP) is -0.306. The summed E-state index contributed by atoms with van der Waals surface area (Å²) in [5.41, 5.74) is 4.76. The molecule has 8 nitrogen and oxygen atoms in total. The number of nitrogen functional groups attached to an aromatic ring is 1. The lowest BCUT2D eigenvalue weighted by atomic mass is 10.4. The number of anilines is 1. The Kier molecular flexibility index (Phi) is 2.23. The van der Waals surface area contributed by atoms with E-state index in [4.69, 9.17) is 10.8 Å². The molecule has 4 N–H and O–H groups in total. The largest absolute Gasteiger partial charge is 0.492 e. The Labute approximate surface area is 93.6 Å². The average molecular weight is 239 g/mol. The van der Waals surface area contributed by atoms with Crippen LogP contribution >= 0.6 is 12.6 Å². The number of fused-ring (bicyclic) bond motifs is 1. The van der Waals surface area contributed by atoms with E-state index < -0.39 is 11.8 Å². The van der Waals surface area contributed by atoms with Crippen LogP contribution in [0.1, 0.15) is 10.5 Å². The minimum atomic E-state index is -1.30. The number of carboxylic acids is 1. The molecule has 0 unspecified atom stereocenters. The number of aromatic carboxylic acids is 1. The smallest absolute Gasteiger partial charge is 0.357 e. The van der Waals surface area contributed by atoms with Gasteiger partial charge in [-0.25, -0.2) is 14.8 Å². The number of aromatic nitrogens is 4.